The van der Waals surface area contributed by atoms with Gasteiger partial charge in [-0.15, -0.1) is 0 Å². The van der Waals surface area contributed by atoms with Crippen LogP contribution in [0.5, 0.6) is 0 Å². The van der Waals surface area contributed by atoms with Crippen LogP contribution in [-0.4, -0.2) is 29.8 Å². The lowest BCUT2D eigenvalue weighted by atomic mass is 9.97. The highest BCUT2D eigenvalue weighted by Gasteiger charge is 2.27. The molecule has 1 aromatic carbocycles. The van der Waals surface area contributed by atoms with Gasteiger partial charge in [0.1, 0.15) is 0 Å². The van der Waals surface area contributed by atoms with E-state index in [9.17, 15) is 9.59 Å². The zero-order valence-electron chi connectivity index (χ0n) is 12.7. The standard InChI is InChI=1S/C15H18Cl3N3O2/c1-2-13(22)21-5-3-4-9(8-21)15(23)20-19-14-11(17)6-10(16)7-12(14)18/h6-7,9,19H,2-5,8H2,1H3,(H,20,23). The molecule has 8 heteroatoms. The van der Waals surface area contributed by atoms with E-state index in [4.69, 9.17) is 34.8 Å². The molecule has 2 N–H and O–H groups in total. The molecular formula is C15H18Cl3N3O2. The molecule has 1 aliphatic heterocycles. The highest BCUT2D eigenvalue weighted by atomic mass is 35.5. The number of likely N-dealkylation sites (tertiary alicyclic amines) is 1. The van der Waals surface area contributed by atoms with Crippen LogP contribution in [0.2, 0.25) is 15.1 Å². The van der Waals surface area contributed by atoms with Crippen molar-refractivity contribution in [2.45, 2.75) is 26.2 Å². The molecule has 126 valence electrons. The van der Waals surface area contributed by atoms with E-state index < -0.39 is 0 Å². The van der Waals surface area contributed by atoms with Crippen molar-refractivity contribution in [2.24, 2.45) is 5.92 Å². The Hall–Kier alpha value is -1.17. The second kappa shape index (κ2) is 8.08. The second-order valence-corrected chi connectivity index (χ2v) is 6.64. The molecule has 2 rings (SSSR count). The maximum Gasteiger partial charge on any atom is 0.243 e. The van der Waals surface area contributed by atoms with Crippen LogP contribution < -0.4 is 10.9 Å². The van der Waals surface area contributed by atoms with Crippen LogP contribution in [0.15, 0.2) is 12.1 Å². The molecule has 1 unspecified atom stereocenters. The molecule has 1 aliphatic rings. The van der Waals surface area contributed by atoms with Crippen molar-refractivity contribution in [3.05, 3.63) is 27.2 Å². The van der Waals surface area contributed by atoms with Gasteiger partial charge >= 0.3 is 0 Å². The van der Waals surface area contributed by atoms with E-state index in [1.165, 1.54) is 12.1 Å². The fourth-order valence-corrected chi connectivity index (χ4v) is 3.44. The number of piperidine rings is 1. The van der Waals surface area contributed by atoms with Gasteiger partial charge in [0.2, 0.25) is 11.8 Å². The van der Waals surface area contributed by atoms with Gasteiger partial charge in [-0.25, -0.2) is 0 Å². The van der Waals surface area contributed by atoms with E-state index in [2.05, 4.69) is 10.9 Å². The molecule has 23 heavy (non-hydrogen) atoms. The highest BCUT2D eigenvalue weighted by Crippen LogP contribution is 2.33. The average molecular weight is 379 g/mol. The van der Waals surface area contributed by atoms with Crippen LogP contribution in [0, 0.1) is 5.92 Å². The summed E-state index contributed by atoms with van der Waals surface area (Å²) < 4.78 is 0. The fraction of sp³-hybridized carbons (Fsp3) is 0.467. The minimum absolute atomic E-state index is 0.0687. The van der Waals surface area contributed by atoms with Crippen LogP contribution in [0.4, 0.5) is 5.69 Å². The first-order chi connectivity index (χ1) is 10.9. The van der Waals surface area contributed by atoms with Crippen LogP contribution in [0.3, 0.4) is 0 Å². The van der Waals surface area contributed by atoms with Crippen molar-refractivity contribution in [3.63, 3.8) is 0 Å². The lowest BCUT2D eigenvalue weighted by Crippen LogP contribution is -2.46. The third-order valence-electron chi connectivity index (χ3n) is 3.76. The molecule has 1 atom stereocenters. The fourth-order valence-electron chi connectivity index (χ4n) is 2.53. The van der Waals surface area contributed by atoms with Crippen LogP contribution in [0.1, 0.15) is 26.2 Å². The summed E-state index contributed by atoms with van der Waals surface area (Å²) in [5.41, 5.74) is 5.74. The number of halogens is 3. The summed E-state index contributed by atoms with van der Waals surface area (Å²) in [5.74, 6) is -0.378. The summed E-state index contributed by atoms with van der Waals surface area (Å²) in [4.78, 5) is 25.8. The van der Waals surface area contributed by atoms with Gasteiger partial charge in [0.25, 0.3) is 0 Å². The topological polar surface area (TPSA) is 61.4 Å². The number of carbonyl (C=O) groups excluding carboxylic acids is 2. The third kappa shape index (κ3) is 4.66. The number of anilines is 1. The van der Waals surface area contributed by atoms with Gasteiger partial charge in [-0.05, 0) is 25.0 Å². The zero-order valence-corrected chi connectivity index (χ0v) is 14.9. The van der Waals surface area contributed by atoms with Gasteiger partial charge in [-0.3, -0.25) is 20.4 Å². The van der Waals surface area contributed by atoms with E-state index >= 15 is 0 Å². The molecular weight excluding hydrogens is 361 g/mol. The lowest BCUT2D eigenvalue weighted by Gasteiger charge is -2.32. The minimum Gasteiger partial charge on any atom is -0.342 e. The van der Waals surface area contributed by atoms with Crippen molar-refractivity contribution < 1.29 is 9.59 Å². The number of amides is 2. The van der Waals surface area contributed by atoms with Gasteiger partial charge in [0, 0.05) is 24.5 Å². The first kappa shape index (κ1) is 18.2. The lowest BCUT2D eigenvalue weighted by molar-refractivity contribution is -0.135. The third-order valence-corrected chi connectivity index (χ3v) is 4.58. The number of hydrogen-bond acceptors (Lipinski definition) is 3. The first-order valence-corrected chi connectivity index (χ1v) is 8.54. The molecule has 2 amide bonds. The van der Waals surface area contributed by atoms with E-state index in [1.807, 2.05) is 6.92 Å². The molecule has 0 saturated carbocycles. The van der Waals surface area contributed by atoms with Crippen molar-refractivity contribution in [2.75, 3.05) is 18.5 Å². The van der Waals surface area contributed by atoms with E-state index in [1.54, 1.807) is 4.90 Å². The summed E-state index contributed by atoms with van der Waals surface area (Å²) in [5, 5.41) is 1.04. The minimum atomic E-state index is -0.253. The molecule has 0 radical (unpaired) electrons. The maximum absolute atomic E-state index is 12.3. The van der Waals surface area contributed by atoms with Crippen molar-refractivity contribution in [3.8, 4) is 0 Å². The Morgan fingerprint density at radius 1 is 1.26 bits per heavy atom. The van der Waals surface area contributed by atoms with Crippen molar-refractivity contribution in [1.82, 2.24) is 10.3 Å². The normalized spacial score (nSPS) is 17.7. The summed E-state index contributed by atoms with van der Waals surface area (Å²) in [7, 11) is 0. The predicted molar refractivity (Wildman–Crippen MR) is 92.8 cm³/mol. The molecule has 1 saturated heterocycles. The highest BCUT2D eigenvalue weighted by molar-refractivity contribution is 6.41. The first-order valence-electron chi connectivity index (χ1n) is 7.40. The summed E-state index contributed by atoms with van der Waals surface area (Å²) in [6.45, 7) is 2.96. The smallest absolute Gasteiger partial charge is 0.243 e. The van der Waals surface area contributed by atoms with Crippen LogP contribution in [0.25, 0.3) is 0 Å². The average Bonchev–Trinajstić information content (AvgIpc) is 2.53. The van der Waals surface area contributed by atoms with Gasteiger partial charge in [0.05, 0.1) is 21.7 Å². The Kier molecular flexibility index (Phi) is 6.39. The number of carbonyl (C=O) groups is 2. The Bertz CT molecular complexity index is 587. The maximum atomic E-state index is 12.3. The molecule has 0 bridgehead atoms. The SMILES string of the molecule is CCC(=O)N1CCCC(C(=O)NNc2c(Cl)cc(Cl)cc2Cl)C1. The van der Waals surface area contributed by atoms with E-state index in [0.717, 1.165) is 12.8 Å². The van der Waals surface area contributed by atoms with Gasteiger partial charge in [-0.2, -0.15) is 0 Å². The van der Waals surface area contributed by atoms with Crippen molar-refractivity contribution in [1.29, 1.82) is 0 Å². The monoisotopic (exact) mass is 377 g/mol. The van der Waals surface area contributed by atoms with E-state index in [-0.39, 0.29) is 17.7 Å². The predicted octanol–water partition coefficient (Wildman–Crippen LogP) is 3.74. The summed E-state index contributed by atoms with van der Waals surface area (Å²) in [6.07, 6.45) is 2.00. The number of rotatable bonds is 4. The van der Waals surface area contributed by atoms with E-state index in [0.29, 0.717) is 40.3 Å². The quantitative estimate of drug-likeness (QED) is 0.785. The van der Waals surface area contributed by atoms with Gasteiger partial charge < -0.3 is 4.90 Å². The Morgan fingerprint density at radius 3 is 2.52 bits per heavy atom. The number of hydrogen-bond donors (Lipinski definition) is 2. The zero-order chi connectivity index (χ0) is 17.0. The molecule has 1 heterocycles. The van der Waals surface area contributed by atoms with Crippen LogP contribution >= 0.6 is 34.8 Å². The number of benzene rings is 1. The molecule has 1 fully saturated rings. The Labute approximate surface area is 150 Å². The van der Waals surface area contributed by atoms with Crippen molar-refractivity contribution >= 4 is 52.3 Å². The second-order valence-electron chi connectivity index (χ2n) is 5.39. The molecule has 0 aliphatic carbocycles. The molecule has 0 spiro atoms. The number of nitrogens with zero attached hydrogens (tertiary/aromatic N) is 1. The molecule has 0 aromatic heterocycles. The largest absolute Gasteiger partial charge is 0.342 e. The molecule has 5 nitrogen and oxygen atoms in total. The number of hydrazine groups is 1. The van der Waals surface area contributed by atoms with Gasteiger partial charge in [-0.1, -0.05) is 41.7 Å². The summed E-state index contributed by atoms with van der Waals surface area (Å²) in [6, 6.07) is 3.07. The Morgan fingerprint density at radius 2 is 1.91 bits per heavy atom. The van der Waals surface area contributed by atoms with Gasteiger partial charge in [0.15, 0.2) is 0 Å². The Balaban J connectivity index is 1.96. The number of nitrogens with one attached hydrogen (secondary N) is 2. The van der Waals surface area contributed by atoms with Crippen LogP contribution in [-0.2, 0) is 9.59 Å². The molecule has 1 aromatic rings. The summed E-state index contributed by atoms with van der Waals surface area (Å²) >= 11 is 17.9.